The number of rotatable bonds is 5. The molecule has 1 aliphatic carbocycles. The van der Waals surface area contributed by atoms with E-state index in [1.165, 1.54) is 12.8 Å². The van der Waals surface area contributed by atoms with Crippen molar-refractivity contribution in [3.63, 3.8) is 0 Å². The molecule has 0 saturated heterocycles. The van der Waals surface area contributed by atoms with Gasteiger partial charge < -0.3 is 4.74 Å². The van der Waals surface area contributed by atoms with Gasteiger partial charge in [-0.3, -0.25) is 4.79 Å². The Hall–Kier alpha value is -0.370. The van der Waals surface area contributed by atoms with Gasteiger partial charge in [0.05, 0.1) is 0 Å². The first kappa shape index (κ1) is 9.72. The van der Waals surface area contributed by atoms with Crippen molar-refractivity contribution in [3.05, 3.63) is 0 Å². The van der Waals surface area contributed by atoms with Crippen molar-refractivity contribution in [3.8, 4) is 0 Å². The van der Waals surface area contributed by atoms with E-state index in [9.17, 15) is 4.79 Å². The van der Waals surface area contributed by atoms with E-state index in [1.807, 2.05) is 0 Å². The fraction of sp³-hybridized carbons (Fsp3) is 0.900. The maximum atomic E-state index is 11.5. The quantitative estimate of drug-likeness (QED) is 0.631. The van der Waals surface area contributed by atoms with Crippen LogP contribution in [0.3, 0.4) is 0 Å². The van der Waals surface area contributed by atoms with E-state index in [0.717, 1.165) is 0 Å². The summed E-state index contributed by atoms with van der Waals surface area (Å²) in [5, 5.41) is 0. The van der Waals surface area contributed by atoms with Crippen molar-refractivity contribution < 1.29 is 9.53 Å². The molecule has 0 aromatic heterocycles. The summed E-state index contributed by atoms with van der Waals surface area (Å²) in [6, 6.07) is 0. The van der Waals surface area contributed by atoms with Gasteiger partial charge in [-0.1, -0.05) is 13.8 Å². The van der Waals surface area contributed by atoms with Crippen molar-refractivity contribution in [2.24, 2.45) is 11.8 Å². The summed E-state index contributed by atoms with van der Waals surface area (Å²) in [7, 11) is 1.64. The molecule has 0 heterocycles. The van der Waals surface area contributed by atoms with Crippen LogP contribution in [0.15, 0.2) is 0 Å². The van der Waals surface area contributed by atoms with Crippen LogP contribution in [0.25, 0.3) is 0 Å². The Bertz CT molecular complexity index is 159. The normalized spacial score (nSPS) is 19.7. The molecule has 1 rings (SSSR count). The van der Waals surface area contributed by atoms with Crippen LogP contribution in [-0.4, -0.2) is 19.0 Å². The standard InChI is InChI=1S/C10H18O2/c1-7(2)6-9(11)10(12-3)8-4-5-8/h7-8,10H,4-6H2,1-3H3. The van der Waals surface area contributed by atoms with E-state index in [2.05, 4.69) is 13.8 Å². The molecule has 0 bridgehead atoms. The first-order chi connectivity index (χ1) is 5.65. The second-order valence-corrected chi connectivity index (χ2v) is 4.06. The number of carbonyl (C=O) groups excluding carboxylic acids is 1. The summed E-state index contributed by atoms with van der Waals surface area (Å²) in [5.74, 6) is 1.27. The molecule has 0 aliphatic heterocycles. The highest BCUT2D eigenvalue weighted by Crippen LogP contribution is 2.35. The molecular formula is C10H18O2. The molecule has 1 fully saturated rings. The average molecular weight is 170 g/mol. The smallest absolute Gasteiger partial charge is 0.162 e. The summed E-state index contributed by atoms with van der Waals surface area (Å²) >= 11 is 0. The van der Waals surface area contributed by atoms with Crippen LogP contribution >= 0.6 is 0 Å². The lowest BCUT2D eigenvalue weighted by molar-refractivity contribution is -0.130. The van der Waals surface area contributed by atoms with Gasteiger partial charge in [0.15, 0.2) is 5.78 Å². The van der Waals surface area contributed by atoms with Crippen molar-refractivity contribution in [1.82, 2.24) is 0 Å². The Morgan fingerprint density at radius 1 is 1.50 bits per heavy atom. The zero-order chi connectivity index (χ0) is 9.14. The summed E-state index contributed by atoms with van der Waals surface area (Å²) in [6.45, 7) is 4.13. The second kappa shape index (κ2) is 4.04. The van der Waals surface area contributed by atoms with Crippen LogP contribution in [-0.2, 0) is 9.53 Å². The minimum absolute atomic E-state index is 0.104. The highest BCUT2D eigenvalue weighted by atomic mass is 16.5. The Balaban J connectivity index is 2.36. The molecule has 0 aromatic rings. The molecule has 0 radical (unpaired) electrons. The van der Waals surface area contributed by atoms with Crippen LogP contribution in [0.5, 0.6) is 0 Å². The highest BCUT2D eigenvalue weighted by molar-refractivity contribution is 5.83. The lowest BCUT2D eigenvalue weighted by Gasteiger charge is -2.13. The minimum atomic E-state index is -0.104. The van der Waals surface area contributed by atoms with Gasteiger partial charge in [-0.25, -0.2) is 0 Å². The second-order valence-electron chi connectivity index (χ2n) is 4.06. The molecule has 1 atom stereocenters. The van der Waals surface area contributed by atoms with Gasteiger partial charge in [0, 0.05) is 13.5 Å². The van der Waals surface area contributed by atoms with Gasteiger partial charge in [-0.2, -0.15) is 0 Å². The molecule has 2 nitrogen and oxygen atoms in total. The maximum absolute atomic E-state index is 11.5. The molecule has 12 heavy (non-hydrogen) atoms. The van der Waals surface area contributed by atoms with Crippen molar-refractivity contribution in [2.75, 3.05) is 7.11 Å². The topological polar surface area (TPSA) is 26.3 Å². The summed E-state index contributed by atoms with van der Waals surface area (Å²) < 4.78 is 5.19. The van der Waals surface area contributed by atoms with E-state index in [0.29, 0.717) is 18.3 Å². The van der Waals surface area contributed by atoms with Gasteiger partial charge in [-0.05, 0) is 24.7 Å². The predicted octanol–water partition coefficient (Wildman–Crippen LogP) is 2.03. The Morgan fingerprint density at radius 3 is 2.42 bits per heavy atom. The number of Topliss-reactive ketones (excluding diaryl/α,β-unsaturated/α-hetero) is 1. The van der Waals surface area contributed by atoms with Crippen LogP contribution in [0.1, 0.15) is 33.1 Å². The van der Waals surface area contributed by atoms with Crippen molar-refractivity contribution in [1.29, 1.82) is 0 Å². The number of carbonyl (C=O) groups is 1. The van der Waals surface area contributed by atoms with Gasteiger partial charge in [-0.15, -0.1) is 0 Å². The van der Waals surface area contributed by atoms with Crippen LogP contribution < -0.4 is 0 Å². The highest BCUT2D eigenvalue weighted by Gasteiger charge is 2.35. The fourth-order valence-corrected chi connectivity index (χ4v) is 1.50. The molecule has 1 saturated carbocycles. The minimum Gasteiger partial charge on any atom is -0.373 e. The first-order valence-electron chi connectivity index (χ1n) is 4.70. The molecule has 2 heteroatoms. The van der Waals surface area contributed by atoms with Gasteiger partial charge in [0.2, 0.25) is 0 Å². The lowest BCUT2D eigenvalue weighted by Crippen LogP contribution is -2.26. The number of ether oxygens (including phenoxy) is 1. The summed E-state index contributed by atoms with van der Waals surface area (Å²) in [6.07, 6.45) is 2.90. The molecule has 0 amide bonds. The van der Waals surface area contributed by atoms with Crippen molar-refractivity contribution in [2.45, 2.75) is 39.2 Å². The predicted molar refractivity (Wildman–Crippen MR) is 48.0 cm³/mol. The maximum Gasteiger partial charge on any atom is 0.162 e. The third-order valence-corrected chi connectivity index (χ3v) is 2.23. The van der Waals surface area contributed by atoms with Crippen LogP contribution in [0, 0.1) is 11.8 Å². The van der Waals surface area contributed by atoms with E-state index < -0.39 is 0 Å². The molecule has 1 aliphatic rings. The SMILES string of the molecule is COC(C(=O)CC(C)C)C1CC1. The lowest BCUT2D eigenvalue weighted by atomic mass is 10.0. The fourth-order valence-electron chi connectivity index (χ4n) is 1.50. The van der Waals surface area contributed by atoms with E-state index in [4.69, 9.17) is 4.74 Å². The molecular weight excluding hydrogens is 152 g/mol. The Labute approximate surface area is 74.3 Å². The first-order valence-corrected chi connectivity index (χ1v) is 4.70. The Morgan fingerprint density at radius 2 is 2.08 bits per heavy atom. The van der Waals surface area contributed by atoms with E-state index in [1.54, 1.807) is 7.11 Å². The number of ketones is 1. The number of hydrogen-bond donors (Lipinski definition) is 0. The van der Waals surface area contributed by atoms with Gasteiger partial charge in [0.25, 0.3) is 0 Å². The largest absolute Gasteiger partial charge is 0.373 e. The van der Waals surface area contributed by atoms with Crippen LogP contribution in [0.2, 0.25) is 0 Å². The average Bonchev–Trinajstić information content (AvgIpc) is 2.70. The number of methoxy groups -OCH3 is 1. The zero-order valence-electron chi connectivity index (χ0n) is 8.17. The molecule has 70 valence electrons. The van der Waals surface area contributed by atoms with Gasteiger partial charge >= 0.3 is 0 Å². The van der Waals surface area contributed by atoms with Gasteiger partial charge in [0.1, 0.15) is 6.10 Å². The Kier molecular flexibility index (Phi) is 3.27. The third kappa shape index (κ3) is 2.59. The molecule has 0 spiro atoms. The molecule has 0 aromatic carbocycles. The molecule has 1 unspecified atom stereocenters. The molecule has 0 N–H and O–H groups in total. The monoisotopic (exact) mass is 170 g/mol. The van der Waals surface area contributed by atoms with Crippen molar-refractivity contribution >= 4 is 5.78 Å². The van der Waals surface area contributed by atoms with E-state index in [-0.39, 0.29) is 11.9 Å². The summed E-state index contributed by atoms with van der Waals surface area (Å²) in [5.41, 5.74) is 0. The third-order valence-electron chi connectivity index (χ3n) is 2.23. The van der Waals surface area contributed by atoms with Crippen LogP contribution in [0.4, 0.5) is 0 Å². The summed E-state index contributed by atoms with van der Waals surface area (Å²) in [4.78, 5) is 11.5. The zero-order valence-corrected chi connectivity index (χ0v) is 8.17. The number of hydrogen-bond acceptors (Lipinski definition) is 2. The van der Waals surface area contributed by atoms with E-state index >= 15 is 0 Å².